The lowest BCUT2D eigenvalue weighted by Gasteiger charge is -2.47. The Balaban J connectivity index is 1.29. The minimum absolute atomic E-state index is 0.0637. The minimum atomic E-state index is 0.0637. The number of rotatable bonds is 3. The molecule has 1 aromatic heterocycles. The maximum absolute atomic E-state index is 12.6. The zero-order chi connectivity index (χ0) is 17.1. The second kappa shape index (κ2) is 7.16. The van der Waals surface area contributed by atoms with Crippen molar-refractivity contribution in [2.45, 2.75) is 44.1 Å². The molecule has 1 N–H and O–H groups in total. The number of hydrogen-bond acceptors (Lipinski definition) is 3. The van der Waals surface area contributed by atoms with E-state index in [0.717, 1.165) is 44.5 Å². The first kappa shape index (κ1) is 16.6. The van der Waals surface area contributed by atoms with Crippen molar-refractivity contribution in [3.63, 3.8) is 0 Å². The quantitative estimate of drug-likeness (QED) is 0.918. The maximum Gasteiger partial charge on any atom is 0.317 e. The summed E-state index contributed by atoms with van der Waals surface area (Å²) in [7, 11) is 0. The number of carbonyl (C=O) groups excluding carboxylic acids is 1. The van der Waals surface area contributed by atoms with Gasteiger partial charge in [-0.05, 0) is 67.7 Å². The maximum atomic E-state index is 12.6. The highest BCUT2D eigenvalue weighted by molar-refractivity contribution is 5.78. The predicted molar refractivity (Wildman–Crippen MR) is 97.1 cm³/mol. The van der Waals surface area contributed by atoms with Gasteiger partial charge in [0.2, 0.25) is 0 Å². The number of ether oxygens (including phenoxy) is 1. The second-order valence-corrected chi connectivity index (χ2v) is 7.61. The highest BCUT2D eigenvalue weighted by atomic mass is 16.5. The summed E-state index contributed by atoms with van der Waals surface area (Å²) >= 11 is 0. The highest BCUT2D eigenvalue weighted by Gasteiger charge is 2.42. The molecule has 1 saturated carbocycles. The Morgan fingerprint density at radius 1 is 1.36 bits per heavy atom. The van der Waals surface area contributed by atoms with Gasteiger partial charge in [0.25, 0.3) is 0 Å². The van der Waals surface area contributed by atoms with E-state index < -0.39 is 0 Å². The molecule has 2 amide bonds. The Bertz CT molecular complexity index is 640. The van der Waals surface area contributed by atoms with E-state index in [1.807, 2.05) is 17.0 Å². The number of nitrogens with zero attached hydrogens (tertiary/aromatic N) is 2. The van der Waals surface area contributed by atoms with Crippen LogP contribution >= 0.6 is 0 Å². The third-order valence-corrected chi connectivity index (χ3v) is 5.89. The van der Waals surface area contributed by atoms with Crippen LogP contribution in [-0.2, 0) is 4.74 Å². The normalized spacial score (nSPS) is 25.2. The summed E-state index contributed by atoms with van der Waals surface area (Å²) in [6.45, 7) is 3.08. The molecule has 1 aliphatic carbocycles. The SMILES string of the molecule is O=C(NC[C@H]1CCOC2(CCC2)C1)N1CCC=C(c2ccncc2)C1. The smallest absolute Gasteiger partial charge is 0.317 e. The fourth-order valence-corrected chi connectivity index (χ4v) is 4.26. The molecular formula is C20H27N3O2. The number of hydrogen-bond donors (Lipinski definition) is 1. The van der Waals surface area contributed by atoms with Crippen LogP contribution in [0.4, 0.5) is 4.79 Å². The van der Waals surface area contributed by atoms with Crippen molar-refractivity contribution < 1.29 is 9.53 Å². The Kier molecular flexibility index (Phi) is 4.75. The van der Waals surface area contributed by atoms with Gasteiger partial charge in [0.15, 0.2) is 0 Å². The molecule has 1 atom stereocenters. The Hall–Kier alpha value is -1.88. The lowest BCUT2D eigenvalue weighted by molar-refractivity contribution is -0.142. The van der Waals surface area contributed by atoms with Crippen LogP contribution in [0.25, 0.3) is 5.57 Å². The van der Waals surface area contributed by atoms with Crippen molar-refractivity contribution in [3.05, 3.63) is 36.2 Å². The molecule has 0 unspecified atom stereocenters. The molecule has 4 rings (SSSR count). The van der Waals surface area contributed by atoms with Crippen molar-refractivity contribution in [1.82, 2.24) is 15.2 Å². The summed E-state index contributed by atoms with van der Waals surface area (Å²) in [5.41, 5.74) is 2.52. The molecule has 3 aliphatic rings. The topological polar surface area (TPSA) is 54.5 Å². The van der Waals surface area contributed by atoms with E-state index in [0.29, 0.717) is 12.5 Å². The van der Waals surface area contributed by atoms with E-state index in [4.69, 9.17) is 4.74 Å². The zero-order valence-electron chi connectivity index (χ0n) is 14.7. The average Bonchev–Trinajstić information content (AvgIpc) is 2.66. The van der Waals surface area contributed by atoms with Gasteiger partial charge in [-0.15, -0.1) is 0 Å². The van der Waals surface area contributed by atoms with Crippen LogP contribution in [0.3, 0.4) is 0 Å². The van der Waals surface area contributed by atoms with Crippen molar-refractivity contribution in [2.75, 3.05) is 26.2 Å². The van der Waals surface area contributed by atoms with Crippen LogP contribution in [0.15, 0.2) is 30.6 Å². The molecule has 1 aromatic rings. The monoisotopic (exact) mass is 341 g/mol. The molecule has 0 aromatic carbocycles. The molecule has 5 heteroatoms. The van der Waals surface area contributed by atoms with Gasteiger partial charge in [-0.3, -0.25) is 4.98 Å². The molecule has 0 bridgehead atoms. The molecule has 25 heavy (non-hydrogen) atoms. The van der Waals surface area contributed by atoms with Crippen LogP contribution < -0.4 is 5.32 Å². The summed E-state index contributed by atoms with van der Waals surface area (Å²) in [5.74, 6) is 0.554. The number of pyridine rings is 1. The number of aromatic nitrogens is 1. The lowest BCUT2D eigenvalue weighted by Crippen LogP contribution is -2.49. The van der Waals surface area contributed by atoms with Crippen molar-refractivity contribution in [1.29, 1.82) is 0 Å². The molecule has 3 heterocycles. The molecule has 1 saturated heterocycles. The molecule has 0 radical (unpaired) electrons. The largest absolute Gasteiger partial charge is 0.375 e. The van der Waals surface area contributed by atoms with E-state index in [1.165, 1.54) is 24.8 Å². The fraction of sp³-hybridized carbons (Fsp3) is 0.600. The van der Waals surface area contributed by atoms with E-state index in [1.54, 1.807) is 12.4 Å². The van der Waals surface area contributed by atoms with E-state index in [9.17, 15) is 4.79 Å². The molecule has 2 fully saturated rings. The molecule has 134 valence electrons. The summed E-state index contributed by atoms with van der Waals surface area (Å²) in [6.07, 6.45) is 12.6. The third-order valence-electron chi connectivity index (χ3n) is 5.89. The van der Waals surface area contributed by atoms with Gasteiger partial charge >= 0.3 is 6.03 Å². The Morgan fingerprint density at radius 3 is 2.96 bits per heavy atom. The van der Waals surface area contributed by atoms with Crippen LogP contribution in [-0.4, -0.2) is 47.8 Å². The van der Waals surface area contributed by atoms with E-state index in [2.05, 4.69) is 16.4 Å². The third kappa shape index (κ3) is 3.71. The number of urea groups is 1. The number of carbonyl (C=O) groups is 1. The first-order valence-corrected chi connectivity index (χ1v) is 9.50. The minimum Gasteiger partial charge on any atom is -0.375 e. The first-order valence-electron chi connectivity index (χ1n) is 9.50. The number of amides is 2. The van der Waals surface area contributed by atoms with Gasteiger partial charge in [-0.25, -0.2) is 4.79 Å². The van der Waals surface area contributed by atoms with Crippen LogP contribution in [0.2, 0.25) is 0 Å². The van der Waals surface area contributed by atoms with Crippen LogP contribution in [0.1, 0.15) is 44.1 Å². The first-order chi connectivity index (χ1) is 12.2. The molecule has 2 aliphatic heterocycles. The van der Waals surface area contributed by atoms with Crippen molar-refractivity contribution in [2.24, 2.45) is 5.92 Å². The second-order valence-electron chi connectivity index (χ2n) is 7.61. The van der Waals surface area contributed by atoms with Gasteiger partial charge in [-0.1, -0.05) is 6.08 Å². The molecular weight excluding hydrogens is 314 g/mol. The van der Waals surface area contributed by atoms with Gasteiger partial charge in [-0.2, -0.15) is 0 Å². The Labute approximate surface area is 149 Å². The van der Waals surface area contributed by atoms with Gasteiger partial charge in [0.1, 0.15) is 0 Å². The lowest BCUT2D eigenvalue weighted by atomic mass is 9.72. The van der Waals surface area contributed by atoms with Crippen LogP contribution in [0.5, 0.6) is 0 Å². The summed E-state index contributed by atoms with van der Waals surface area (Å²) in [5, 5.41) is 3.17. The van der Waals surface area contributed by atoms with Crippen LogP contribution in [0, 0.1) is 5.92 Å². The summed E-state index contributed by atoms with van der Waals surface area (Å²) in [4.78, 5) is 18.6. The highest BCUT2D eigenvalue weighted by Crippen LogP contribution is 2.44. The predicted octanol–water partition coefficient (Wildman–Crippen LogP) is 3.23. The molecule has 5 nitrogen and oxygen atoms in total. The standard InChI is InChI=1S/C20H27N3O2/c24-19(22-14-16-6-12-25-20(13-16)7-2-8-20)23-11-1-3-18(15-23)17-4-9-21-10-5-17/h3-5,9-10,16H,1-2,6-8,11-15H2,(H,22,24)/t16-/m0/s1. The Morgan fingerprint density at radius 2 is 2.20 bits per heavy atom. The van der Waals surface area contributed by atoms with Crippen molar-refractivity contribution >= 4 is 11.6 Å². The van der Waals surface area contributed by atoms with Gasteiger partial charge in [0, 0.05) is 38.6 Å². The van der Waals surface area contributed by atoms with E-state index in [-0.39, 0.29) is 11.6 Å². The summed E-state index contributed by atoms with van der Waals surface area (Å²) in [6, 6.07) is 4.08. The van der Waals surface area contributed by atoms with Crippen molar-refractivity contribution in [3.8, 4) is 0 Å². The number of nitrogens with one attached hydrogen (secondary N) is 1. The van der Waals surface area contributed by atoms with E-state index >= 15 is 0 Å². The van der Waals surface area contributed by atoms with Gasteiger partial charge in [0.05, 0.1) is 5.60 Å². The molecule has 1 spiro atoms. The fourth-order valence-electron chi connectivity index (χ4n) is 4.26. The zero-order valence-corrected chi connectivity index (χ0v) is 14.7. The summed E-state index contributed by atoms with van der Waals surface area (Å²) < 4.78 is 5.98. The van der Waals surface area contributed by atoms with Gasteiger partial charge < -0.3 is 15.0 Å². The average molecular weight is 341 g/mol.